The molecule has 3 aromatic rings. The molecule has 0 radical (unpaired) electrons. The van der Waals surface area contributed by atoms with E-state index in [4.69, 9.17) is 0 Å². The third-order valence-corrected chi connectivity index (χ3v) is 4.45. The average molecular weight is 404 g/mol. The quantitative estimate of drug-likeness (QED) is 0.479. The highest BCUT2D eigenvalue weighted by Gasteiger charge is 2.16. The van der Waals surface area contributed by atoms with Crippen molar-refractivity contribution in [3.05, 3.63) is 61.3 Å². The van der Waals surface area contributed by atoms with Gasteiger partial charge < -0.3 is 9.88 Å². The first-order valence-corrected chi connectivity index (χ1v) is 8.55. The van der Waals surface area contributed by atoms with Gasteiger partial charge in [0.25, 0.3) is 5.56 Å². The van der Waals surface area contributed by atoms with Crippen LogP contribution in [0.2, 0.25) is 0 Å². The number of benzene rings is 1. The Morgan fingerprint density at radius 1 is 1.28 bits per heavy atom. The molecule has 0 saturated carbocycles. The number of halogens is 1. The van der Waals surface area contributed by atoms with Gasteiger partial charge in [-0.25, -0.2) is 9.78 Å². The Balaban J connectivity index is 1.69. The van der Waals surface area contributed by atoms with Crippen molar-refractivity contribution in [2.45, 2.75) is 19.4 Å². The van der Waals surface area contributed by atoms with Crippen LogP contribution in [0.5, 0.6) is 0 Å². The highest BCUT2D eigenvalue weighted by molar-refractivity contribution is 5.91. The molecule has 0 aliphatic carbocycles. The summed E-state index contributed by atoms with van der Waals surface area (Å²) in [7, 11) is 2.88. The number of rotatable bonds is 6. The number of nitrogens with one attached hydrogen (secondary N) is 1. The third-order valence-electron chi connectivity index (χ3n) is 4.45. The number of fused-ring (bicyclic) bond motifs is 1. The summed E-state index contributed by atoms with van der Waals surface area (Å²) in [6.45, 7) is 0.293. The summed E-state index contributed by atoms with van der Waals surface area (Å²) in [5.74, 6) is -1.41. The van der Waals surface area contributed by atoms with Crippen molar-refractivity contribution in [2.24, 2.45) is 14.1 Å². The number of amides is 1. The van der Waals surface area contributed by atoms with E-state index in [1.165, 1.54) is 31.1 Å². The van der Waals surface area contributed by atoms with Crippen LogP contribution in [0.15, 0.2) is 34.1 Å². The molecule has 0 atom stereocenters. The van der Waals surface area contributed by atoms with E-state index in [9.17, 15) is 28.9 Å². The van der Waals surface area contributed by atoms with Gasteiger partial charge in [-0.1, -0.05) is 0 Å². The third kappa shape index (κ3) is 3.77. The largest absolute Gasteiger partial charge is 0.332 e. The number of carbonyl (C=O) groups excluding carboxylic acids is 1. The maximum Gasteiger partial charge on any atom is 0.332 e. The van der Waals surface area contributed by atoms with Crippen LogP contribution in [0, 0.1) is 15.9 Å². The van der Waals surface area contributed by atoms with Crippen molar-refractivity contribution in [1.29, 1.82) is 0 Å². The van der Waals surface area contributed by atoms with E-state index in [0.717, 1.165) is 16.7 Å². The molecule has 1 N–H and O–H groups in total. The Morgan fingerprint density at radius 3 is 2.69 bits per heavy atom. The number of hydrogen-bond acceptors (Lipinski definition) is 6. The zero-order valence-electron chi connectivity index (χ0n) is 15.6. The second-order valence-electron chi connectivity index (χ2n) is 6.39. The number of aromatic nitrogens is 4. The van der Waals surface area contributed by atoms with Gasteiger partial charge in [-0.05, 0) is 18.6 Å². The Kier molecular flexibility index (Phi) is 5.26. The molecule has 3 rings (SSSR count). The minimum atomic E-state index is -0.990. The monoisotopic (exact) mass is 404 g/mol. The smallest absolute Gasteiger partial charge is 0.326 e. The van der Waals surface area contributed by atoms with Gasteiger partial charge in [0.1, 0.15) is 0 Å². The second-order valence-corrected chi connectivity index (χ2v) is 6.39. The summed E-state index contributed by atoms with van der Waals surface area (Å²) in [6.07, 6.45) is 1.82. The van der Waals surface area contributed by atoms with E-state index in [1.807, 2.05) is 0 Å². The van der Waals surface area contributed by atoms with Crippen LogP contribution in [0.3, 0.4) is 0 Å². The summed E-state index contributed by atoms with van der Waals surface area (Å²) < 4.78 is 17.2. The summed E-state index contributed by atoms with van der Waals surface area (Å²) in [4.78, 5) is 50.4. The van der Waals surface area contributed by atoms with Crippen LogP contribution < -0.4 is 16.6 Å². The van der Waals surface area contributed by atoms with E-state index in [1.54, 1.807) is 4.57 Å². The number of carbonyl (C=O) groups is 1. The molecule has 0 aliphatic heterocycles. The number of nitro benzene ring substituents is 1. The highest BCUT2D eigenvalue weighted by Crippen LogP contribution is 2.21. The van der Waals surface area contributed by atoms with Crippen molar-refractivity contribution >= 4 is 28.4 Å². The number of nitro groups is 1. The van der Waals surface area contributed by atoms with Gasteiger partial charge in [-0.2, -0.15) is 4.39 Å². The summed E-state index contributed by atoms with van der Waals surface area (Å²) in [6, 6.07) is 3.08. The average Bonchev–Trinajstić information content (AvgIpc) is 3.10. The second kappa shape index (κ2) is 7.66. The summed E-state index contributed by atoms with van der Waals surface area (Å²) >= 11 is 0. The molecule has 29 heavy (non-hydrogen) atoms. The molecule has 0 fully saturated rings. The molecule has 152 valence electrons. The van der Waals surface area contributed by atoms with Crippen LogP contribution in [0.4, 0.5) is 15.8 Å². The normalized spacial score (nSPS) is 11.0. The Bertz CT molecular complexity index is 1240. The lowest BCUT2D eigenvalue weighted by atomic mass is 10.2. The molecule has 0 unspecified atom stereocenters. The van der Waals surface area contributed by atoms with Crippen molar-refractivity contribution in [1.82, 2.24) is 18.7 Å². The fraction of sp³-hybridized carbons (Fsp3) is 0.294. The molecule has 2 heterocycles. The first kappa shape index (κ1) is 19.9. The number of nitrogens with zero attached hydrogens (tertiary/aromatic N) is 5. The van der Waals surface area contributed by atoms with Gasteiger partial charge >= 0.3 is 11.4 Å². The molecule has 0 spiro atoms. The molecule has 2 aromatic heterocycles. The molecular weight excluding hydrogens is 387 g/mol. The Morgan fingerprint density at radius 2 is 2.00 bits per heavy atom. The van der Waals surface area contributed by atoms with Crippen LogP contribution in [0.25, 0.3) is 11.2 Å². The van der Waals surface area contributed by atoms with Crippen molar-refractivity contribution in [3.63, 3.8) is 0 Å². The fourth-order valence-corrected chi connectivity index (χ4v) is 2.93. The maximum atomic E-state index is 13.3. The van der Waals surface area contributed by atoms with Crippen molar-refractivity contribution in [3.8, 4) is 0 Å². The topological polar surface area (TPSA) is 134 Å². The standard InChI is InChI=1S/C17H17FN6O5/c1-21-15-14(16(26)22(2)17(21)27)23(9-19-15)7-3-4-13(25)20-10-5-6-11(18)12(8-10)24(28)29/h5-6,8-9H,3-4,7H2,1-2H3,(H,20,25). The van der Waals surface area contributed by atoms with Crippen LogP contribution in [0.1, 0.15) is 12.8 Å². The number of aryl methyl sites for hydroxylation is 2. The molecule has 0 bridgehead atoms. The predicted molar refractivity (Wildman–Crippen MR) is 101 cm³/mol. The first-order valence-electron chi connectivity index (χ1n) is 8.55. The zero-order chi connectivity index (χ0) is 21.3. The molecule has 12 heteroatoms. The first-order chi connectivity index (χ1) is 13.7. The molecule has 1 amide bonds. The SMILES string of the molecule is Cn1c(=O)c2c(ncn2CCCC(=O)Nc2ccc(F)c([N+](=O)[O-])c2)n(C)c1=O. The van der Waals surface area contributed by atoms with Gasteiger partial charge in [0.05, 0.1) is 11.3 Å². The van der Waals surface area contributed by atoms with E-state index in [0.29, 0.717) is 13.0 Å². The van der Waals surface area contributed by atoms with E-state index in [2.05, 4.69) is 10.3 Å². The van der Waals surface area contributed by atoms with E-state index in [-0.39, 0.29) is 23.3 Å². The minimum Gasteiger partial charge on any atom is -0.326 e. The lowest BCUT2D eigenvalue weighted by Crippen LogP contribution is -2.37. The van der Waals surface area contributed by atoms with Crippen molar-refractivity contribution in [2.75, 3.05) is 5.32 Å². The number of imidazole rings is 1. The summed E-state index contributed by atoms with van der Waals surface area (Å²) in [5, 5.41) is 13.2. The van der Waals surface area contributed by atoms with Crippen LogP contribution in [-0.4, -0.2) is 29.5 Å². The molecular formula is C17H17FN6O5. The van der Waals surface area contributed by atoms with Crippen LogP contribution >= 0.6 is 0 Å². The van der Waals surface area contributed by atoms with Crippen molar-refractivity contribution < 1.29 is 14.1 Å². The highest BCUT2D eigenvalue weighted by atomic mass is 19.1. The molecule has 11 nitrogen and oxygen atoms in total. The van der Waals surface area contributed by atoms with Gasteiger partial charge in [0, 0.05) is 38.8 Å². The zero-order valence-corrected chi connectivity index (χ0v) is 15.6. The minimum absolute atomic E-state index is 0.0525. The van der Waals surface area contributed by atoms with Gasteiger partial charge in [-0.15, -0.1) is 0 Å². The Labute approximate surface area is 162 Å². The molecule has 0 saturated heterocycles. The lowest BCUT2D eigenvalue weighted by Gasteiger charge is -2.08. The van der Waals surface area contributed by atoms with Gasteiger partial charge in [0.15, 0.2) is 11.2 Å². The summed E-state index contributed by atoms with van der Waals surface area (Å²) in [5.41, 5.74) is -1.08. The number of anilines is 1. The molecule has 0 aliphatic rings. The fourth-order valence-electron chi connectivity index (χ4n) is 2.93. The lowest BCUT2D eigenvalue weighted by molar-refractivity contribution is -0.387. The Hall–Kier alpha value is -3.83. The molecule has 1 aromatic carbocycles. The predicted octanol–water partition coefficient (Wildman–Crippen LogP) is 0.900. The van der Waals surface area contributed by atoms with Gasteiger partial charge in [0.2, 0.25) is 11.7 Å². The maximum absolute atomic E-state index is 13.3. The number of hydrogen-bond donors (Lipinski definition) is 1. The van der Waals surface area contributed by atoms with Crippen LogP contribution in [-0.2, 0) is 25.4 Å². The van der Waals surface area contributed by atoms with E-state index < -0.39 is 33.6 Å². The van der Waals surface area contributed by atoms with E-state index >= 15 is 0 Å². The van der Waals surface area contributed by atoms with Gasteiger partial charge in [-0.3, -0.25) is 28.8 Å².